The van der Waals surface area contributed by atoms with Crippen molar-refractivity contribution < 1.29 is 31.9 Å². The van der Waals surface area contributed by atoms with Crippen molar-refractivity contribution in [1.29, 1.82) is 0 Å². The van der Waals surface area contributed by atoms with Gasteiger partial charge in [0.2, 0.25) is 0 Å². The van der Waals surface area contributed by atoms with E-state index in [1.54, 1.807) is 0 Å². The zero-order valence-corrected chi connectivity index (χ0v) is 7.60. The molecule has 0 rings (SSSR count). The normalized spacial score (nSPS) is 11.4. The van der Waals surface area contributed by atoms with Crippen molar-refractivity contribution in [1.82, 2.24) is 0 Å². The summed E-state index contributed by atoms with van der Waals surface area (Å²) in [4.78, 5) is 16.8. The lowest BCUT2D eigenvalue weighted by Gasteiger charge is -2.07. The molecule has 0 radical (unpaired) electrons. The lowest BCUT2D eigenvalue weighted by molar-refractivity contribution is 0.366. The van der Waals surface area contributed by atoms with Gasteiger partial charge in [-0.2, -0.15) is 17.6 Å². The summed E-state index contributed by atoms with van der Waals surface area (Å²) in [7, 11) is -4.59. The third-order valence-corrected chi connectivity index (χ3v) is 2.03. The summed E-state index contributed by atoms with van der Waals surface area (Å²) in [6, 6.07) is 0. The number of rotatable bonds is 4. The van der Waals surface area contributed by atoms with E-state index in [0.29, 0.717) is 0 Å². The number of hydrogen-bond donors (Lipinski definition) is 2. The van der Waals surface area contributed by atoms with Gasteiger partial charge in [-0.25, -0.2) is 0 Å². The molecule has 0 saturated carbocycles. The second kappa shape index (κ2) is 5.29. The van der Waals surface area contributed by atoms with E-state index in [1.165, 1.54) is 0 Å². The molecule has 0 aromatic carbocycles. The Morgan fingerprint density at radius 2 is 1.50 bits per heavy atom. The highest BCUT2D eigenvalue weighted by Crippen LogP contribution is 2.38. The minimum Gasteiger partial charge on any atom is -0.324 e. The van der Waals surface area contributed by atoms with Crippen molar-refractivity contribution >= 4 is 7.60 Å². The fourth-order valence-electron chi connectivity index (χ4n) is 0.752. The summed E-state index contributed by atoms with van der Waals surface area (Å²) in [6.07, 6.45) is -5.46. The van der Waals surface area contributed by atoms with Crippen molar-refractivity contribution in [2.24, 2.45) is 5.92 Å². The fraction of sp³-hybridized carbons (Fsp3) is 0.333. The molecule has 0 aliphatic heterocycles. The van der Waals surface area contributed by atoms with Gasteiger partial charge in [0, 0.05) is 5.92 Å². The maximum atomic E-state index is 11.6. The van der Waals surface area contributed by atoms with Gasteiger partial charge in [-0.1, -0.05) is 0 Å². The third-order valence-electron chi connectivity index (χ3n) is 1.13. The quantitative estimate of drug-likeness (QED) is 0.579. The maximum absolute atomic E-state index is 11.6. The van der Waals surface area contributed by atoms with Crippen molar-refractivity contribution in [3.8, 4) is 0 Å². The van der Waals surface area contributed by atoms with Crippen LogP contribution in [-0.2, 0) is 4.57 Å². The molecule has 0 heterocycles. The van der Waals surface area contributed by atoms with E-state index in [1.807, 2.05) is 0 Å². The lowest BCUT2D eigenvalue weighted by Crippen LogP contribution is -2.01. The predicted molar refractivity (Wildman–Crippen MR) is 41.0 cm³/mol. The molecule has 0 aromatic heterocycles. The van der Waals surface area contributed by atoms with Gasteiger partial charge in [-0.3, -0.25) is 4.57 Å². The van der Waals surface area contributed by atoms with Crippen molar-refractivity contribution in [2.75, 3.05) is 6.16 Å². The van der Waals surface area contributed by atoms with E-state index in [4.69, 9.17) is 9.79 Å². The van der Waals surface area contributed by atoms with Crippen LogP contribution < -0.4 is 0 Å². The average Bonchev–Trinajstić information content (AvgIpc) is 1.77. The minimum absolute atomic E-state index is 0.0677. The van der Waals surface area contributed by atoms with Crippen LogP contribution in [0.5, 0.6) is 0 Å². The van der Waals surface area contributed by atoms with Crippen LogP contribution in [0.1, 0.15) is 0 Å². The largest absolute Gasteiger partial charge is 0.326 e. The van der Waals surface area contributed by atoms with Crippen LogP contribution in [0.2, 0.25) is 0 Å². The van der Waals surface area contributed by atoms with Gasteiger partial charge in [-0.15, -0.1) is 0 Å². The van der Waals surface area contributed by atoms with Crippen molar-refractivity contribution in [3.63, 3.8) is 0 Å². The average molecular weight is 234 g/mol. The van der Waals surface area contributed by atoms with E-state index < -0.39 is 31.8 Å². The van der Waals surface area contributed by atoms with E-state index in [9.17, 15) is 22.1 Å². The van der Waals surface area contributed by atoms with Crippen LogP contribution in [0.25, 0.3) is 0 Å². The van der Waals surface area contributed by atoms with E-state index in [0.717, 1.165) is 0 Å². The highest BCUT2D eigenvalue weighted by molar-refractivity contribution is 7.51. The fourth-order valence-corrected chi connectivity index (χ4v) is 1.51. The second-order valence-electron chi connectivity index (χ2n) is 2.42. The Kier molecular flexibility index (Phi) is 5.04. The summed E-state index contributed by atoms with van der Waals surface area (Å²) < 4.78 is 56.9. The van der Waals surface area contributed by atoms with Crippen LogP contribution in [0.4, 0.5) is 17.6 Å². The smallest absolute Gasteiger partial charge is 0.324 e. The van der Waals surface area contributed by atoms with E-state index in [2.05, 4.69) is 0 Å². The summed E-state index contributed by atoms with van der Waals surface area (Å²) in [5, 5.41) is 0. The predicted octanol–water partition coefficient (Wildman–Crippen LogP) is 2.34. The molecule has 0 unspecified atom stereocenters. The molecule has 0 aliphatic carbocycles. The first kappa shape index (κ1) is 13.4. The molecule has 0 saturated heterocycles. The SMILES string of the molecule is O=P(O)(O)CC(C=C(F)F)C=C(F)F. The van der Waals surface area contributed by atoms with Gasteiger partial charge in [0.25, 0.3) is 12.2 Å². The lowest BCUT2D eigenvalue weighted by atomic mass is 10.2. The summed E-state index contributed by atoms with van der Waals surface area (Å²) in [5.74, 6) is -1.66. The van der Waals surface area contributed by atoms with Gasteiger partial charge in [-0.05, 0) is 12.2 Å². The molecule has 82 valence electrons. The number of allylic oxidation sites excluding steroid dienone is 2. The first-order valence-electron chi connectivity index (χ1n) is 3.31. The van der Waals surface area contributed by atoms with Crippen LogP contribution in [0.3, 0.4) is 0 Å². The molecule has 3 nitrogen and oxygen atoms in total. The van der Waals surface area contributed by atoms with Gasteiger partial charge in [0.05, 0.1) is 6.16 Å². The summed E-state index contributed by atoms with van der Waals surface area (Å²) >= 11 is 0. The highest BCUT2D eigenvalue weighted by atomic mass is 31.2. The molecule has 0 amide bonds. The van der Waals surface area contributed by atoms with E-state index in [-0.39, 0.29) is 12.2 Å². The first-order valence-corrected chi connectivity index (χ1v) is 5.10. The Morgan fingerprint density at radius 1 is 1.14 bits per heavy atom. The Bertz CT molecular complexity index is 269. The standard InChI is InChI=1S/C6H7F4O3P/c7-5(8)1-4(2-6(9)10)3-14(11,12)13/h1-2,4H,3H2,(H2,11,12,13). The third kappa shape index (κ3) is 7.97. The number of hydrogen-bond acceptors (Lipinski definition) is 1. The van der Waals surface area contributed by atoms with Gasteiger partial charge in [0.1, 0.15) is 0 Å². The summed E-state index contributed by atoms with van der Waals surface area (Å²) in [6.45, 7) is 0. The van der Waals surface area contributed by atoms with Gasteiger partial charge in [0.15, 0.2) is 0 Å². The first-order chi connectivity index (χ1) is 6.20. The molecule has 0 aliphatic rings. The monoisotopic (exact) mass is 234 g/mol. The molecule has 0 atom stereocenters. The Morgan fingerprint density at radius 3 is 1.71 bits per heavy atom. The molecule has 0 spiro atoms. The molecule has 14 heavy (non-hydrogen) atoms. The summed E-state index contributed by atoms with van der Waals surface area (Å²) in [5.41, 5.74) is 0. The topological polar surface area (TPSA) is 57.5 Å². The molecular formula is C6H7F4O3P. The molecule has 8 heteroatoms. The molecule has 0 fully saturated rings. The van der Waals surface area contributed by atoms with Crippen molar-refractivity contribution in [3.05, 3.63) is 24.3 Å². The van der Waals surface area contributed by atoms with Crippen LogP contribution in [0.15, 0.2) is 24.3 Å². The molecule has 0 bridgehead atoms. The Hall–Kier alpha value is -0.650. The molecular weight excluding hydrogens is 227 g/mol. The maximum Gasteiger partial charge on any atom is 0.326 e. The zero-order chi connectivity index (χ0) is 11.4. The second-order valence-corrected chi connectivity index (χ2v) is 4.12. The number of halogens is 4. The van der Waals surface area contributed by atoms with Crippen LogP contribution >= 0.6 is 7.60 Å². The highest BCUT2D eigenvalue weighted by Gasteiger charge is 2.20. The van der Waals surface area contributed by atoms with Gasteiger partial charge < -0.3 is 9.79 Å². The molecule has 2 N–H and O–H groups in total. The van der Waals surface area contributed by atoms with Crippen LogP contribution in [0, 0.1) is 5.92 Å². The zero-order valence-electron chi connectivity index (χ0n) is 6.70. The van der Waals surface area contributed by atoms with Gasteiger partial charge >= 0.3 is 7.60 Å². The Labute approximate surface area is 76.9 Å². The Balaban J connectivity index is 4.67. The minimum atomic E-state index is -4.59. The van der Waals surface area contributed by atoms with Crippen molar-refractivity contribution in [2.45, 2.75) is 0 Å². The van der Waals surface area contributed by atoms with E-state index >= 15 is 0 Å². The van der Waals surface area contributed by atoms with Crippen LogP contribution in [-0.4, -0.2) is 15.9 Å². The molecule has 0 aromatic rings.